The molecule has 12 atom stereocenters. The van der Waals surface area contributed by atoms with Crippen molar-refractivity contribution in [3.8, 4) is 0 Å². The van der Waals surface area contributed by atoms with E-state index in [0.717, 1.165) is 34.3 Å². The van der Waals surface area contributed by atoms with Gasteiger partial charge >= 0.3 is 0 Å². The van der Waals surface area contributed by atoms with Crippen molar-refractivity contribution >= 4 is 107 Å². The molecule has 2 unspecified atom stereocenters. The first-order valence-electron chi connectivity index (χ1n) is 34.3. The van der Waals surface area contributed by atoms with Crippen LogP contribution in [0.25, 0.3) is 44.7 Å². The van der Waals surface area contributed by atoms with Gasteiger partial charge in [0.2, 0.25) is 23.8 Å². The number of aromatic amines is 4. The second kappa shape index (κ2) is 28.3. The Balaban J connectivity index is 0.000000153. The lowest BCUT2D eigenvalue weighted by atomic mass is 10.0. The quantitative estimate of drug-likeness (QED) is 0.0336. The highest BCUT2D eigenvalue weighted by molar-refractivity contribution is 6.91. The van der Waals surface area contributed by atoms with E-state index in [1.807, 2.05) is 45.0 Å². The van der Waals surface area contributed by atoms with Gasteiger partial charge in [-0.05, 0) is 115 Å². The molecule has 0 aliphatic heterocycles. The van der Waals surface area contributed by atoms with E-state index in [0.29, 0.717) is 66.1 Å². The molecule has 0 saturated heterocycles. The average molecular weight is 1470 g/mol. The molecule has 10 aromatic rings. The highest BCUT2D eigenvalue weighted by Crippen LogP contribution is 2.57. The summed E-state index contributed by atoms with van der Waals surface area (Å²) in [4.78, 5) is 104. The minimum Gasteiger partial charge on any atom is -0.455 e. The number of H-pyrrole nitrogens is 4. The molecule has 0 spiro atoms. The molecule has 0 bridgehead atoms. The third-order valence-corrected chi connectivity index (χ3v) is 38.1. The Morgan fingerprint density at radius 1 is 0.456 bits per heavy atom. The lowest BCUT2D eigenvalue weighted by molar-refractivity contribution is 0.0976. The van der Waals surface area contributed by atoms with Gasteiger partial charge in [-0.25, -0.2) is 19.9 Å². The Morgan fingerprint density at radius 3 is 1.08 bits per heavy atom. The number of nitrogens with one attached hydrogen (secondary N) is 4. The number of ether oxygens (including phenoxy) is 1. The number of rotatable bonds is 18. The van der Waals surface area contributed by atoms with Crippen molar-refractivity contribution in [3.63, 3.8) is 0 Å². The predicted octanol–water partition coefficient (Wildman–Crippen LogP) is 6.20. The Bertz CT molecular complexity index is 5000. The molecule has 8 aromatic heterocycles. The van der Waals surface area contributed by atoms with Crippen LogP contribution in [0, 0.1) is 23.7 Å². The number of aliphatic hydroxyl groups excluding tert-OH is 3. The standard InChI is InChI=1S/C28H40N10O5Si2.C27H31N5O2Si.C14H21N5O3Si/c1-13-15(9-39)19(7-17(13)37-11-31-21-23(37)33-27(29)35-25(21)41)44(3,4)43-45(5,6)20-8-18(14(2)16(20)10-40)38-12-32-22-24(38)34-28(30)36-26(22)42;1-18-21(16-34-15-19-10-6-4-7-11-19)23(35(2,3)20-12-8-5-9-13-20)14-22(18)32-17-29-24-25(32)30-27(28)31-26(24)33;1-7-8(5-20)10(23(2,3)22)4-9(7)19-6-16-11-12(19)17-14(15)18-13(11)21/h11-12,15-20,39-40H,1-2,7-10H2,3-6H3,(H3,29,33,35,41)(H3,30,34,36,42);4-13,17,21-23H,1,14-16H2,2-3H3,(H3,28,30,31,33);6,8-10,20,22H,1,4-5H2,2-3H3,(H3,15,17,18,21)/t15-,16-,17-,18-,19-,20-;21-,22-,23?;8-,9-,10?/m000/s1. The third kappa shape index (κ3) is 13.8. The highest BCUT2D eigenvalue weighted by Gasteiger charge is 2.55. The second-order valence-electron chi connectivity index (χ2n) is 29.9. The first kappa shape index (κ1) is 73.4. The molecule has 8 heterocycles. The number of nitrogens with two attached hydrogens (primary N) is 4. The topological polar surface area (TPSA) is 458 Å². The Kier molecular flexibility index (Phi) is 20.2. The van der Waals surface area contributed by atoms with Gasteiger partial charge in [-0.1, -0.05) is 105 Å². The number of anilines is 4. The van der Waals surface area contributed by atoms with Crippen molar-refractivity contribution in [3.05, 3.63) is 182 Å². The SMILES string of the molecule is C=C1[C@H](CO)C([Si](C)(C)O)C[C@@H]1n1cnc2c(=O)[nH]c(N)nc21.C=C1[C@H](CO)[C@@H]([Si](C)(C)O[Si](C)(C)[C@H]2C[C@H](n3cnc4c(=O)[nH]c(N)nc43)C(=C)[C@@H]2CO)C[C@@H]1n1cnc2c(=O)[nH]c(N)nc21.C=C1[C@H](COCc2ccccc2)C([Si](C)(C)c2ccccc2)C[C@@H]1n1cnc2c(=O)[nH]c(N)nc21. The lowest BCUT2D eigenvalue weighted by Crippen LogP contribution is -2.51. The summed E-state index contributed by atoms with van der Waals surface area (Å²) in [7, 11) is -9.50. The summed E-state index contributed by atoms with van der Waals surface area (Å²) in [5.74, 6) is -0.292. The number of aromatic nitrogens is 16. The molecule has 4 fully saturated rings. The zero-order chi connectivity index (χ0) is 74.1. The van der Waals surface area contributed by atoms with Gasteiger partial charge in [-0.15, -0.1) is 0 Å². The number of fused-ring (bicyclic) bond motifs is 4. The maximum atomic E-state index is 12.4. The lowest BCUT2D eigenvalue weighted by Gasteiger charge is -2.43. The van der Waals surface area contributed by atoms with Crippen LogP contribution in [-0.4, -0.2) is 158 Å². The first-order chi connectivity index (χ1) is 48.8. The zero-order valence-corrected chi connectivity index (χ0v) is 63.1. The molecule has 0 radical (unpaired) electrons. The smallest absolute Gasteiger partial charge is 0.280 e. The number of aliphatic hydroxyl groups is 3. The average Bonchev–Trinajstić information content (AvgIpc) is 1.62. The maximum absolute atomic E-state index is 12.4. The normalized spacial score (nSPS) is 24.0. The monoisotopic (exact) mass is 1470 g/mol. The number of imidazole rings is 4. The molecule has 14 rings (SSSR count). The van der Waals surface area contributed by atoms with E-state index in [1.165, 1.54) is 5.19 Å². The minimum absolute atomic E-state index is 0.00328. The van der Waals surface area contributed by atoms with Crippen LogP contribution in [0.3, 0.4) is 0 Å². The van der Waals surface area contributed by atoms with E-state index in [-0.39, 0.29) is 136 Å². The summed E-state index contributed by atoms with van der Waals surface area (Å²) in [6.45, 7) is 35.6. The van der Waals surface area contributed by atoms with Crippen molar-refractivity contribution in [1.82, 2.24) is 78.1 Å². The number of nitrogens with zero attached hydrogens (tertiary/aromatic N) is 12. The van der Waals surface area contributed by atoms with Gasteiger partial charge in [0, 0.05) is 43.5 Å². The molecule has 4 saturated carbocycles. The molecule has 103 heavy (non-hydrogen) atoms. The van der Waals surface area contributed by atoms with E-state index >= 15 is 0 Å². The summed E-state index contributed by atoms with van der Waals surface area (Å²) in [5, 5.41) is 32.3. The van der Waals surface area contributed by atoms with Gasteiger partial charge in [0.15, 0.2) is 69.6 Å². The Morgan fingerprint density at radius 2 is 0.757 bits per heavy atom. The summed E-state index contributed by atoms with van der Waals surface area (Å²) >= 11 is 0. The number of hydrogen-bond donors (Lipinski definition) is 12. The maximum Gasteiger partial charge on any atom is 0.280 e. The molecule has 2 aromatic carbocycles. The van der Waals surface area contributed by atoms with E-state index in [2.05, 4.69) is 168 Å². The van der Waals surface area contributed by atoms with Crippen molar-refractivity contribution in [1.29, 1.82) is 0 Å². The highest BCUT2D eigenvalue weighted by atomic mass is 28.4. The van der Waals surface area contributed by atoms with E-state index in [1.54, 1.807) is 29.9 Å². The van der Waals surface area contributed by atoms with Crippen molar-refractivity contribution < 1.29 is 29.0 Å². The molecule has 16 N–H and O–H groups in total. The Hall–Kier alpha value is -9.37. The van der Waals surface area contributed by atoms with Gasteiger partial charge in [-0.2, -0.15) is 19.9 Å². The van der Waals surface area contributed by atoms with Crippen LogP contribution in [0.15, 0.2) is 154 Å². The molecule has 544 valence electrons. The summed E-state index contributed by atoms with van der Waals surface area (Å²) in [6.07, 6.45) is 9.22. The zero-order valence-electron chi connectivity index (χ0n) is 59.1. The fourth-order valence-corrected chi connectivity index (χ4v) is 33.5. The van der Waals surface area contributed by atoms with Gasteiger partial charge < -0.3 is 70.2 Å². The second-order valence-corrected chi connectivity index (χ2v) is 47.4. The van der Waals surface area contributed by atoms with Crippen LogP contribution in [0.4, 0.5) is 23.8 Å². The van der Waals surface area contributed by atoms with Crippen LogP contribution < -0.4 is 50.4 Å². The minimum atomic E-state index is -2.56. The molecule has 30 nitrogen and oxygen atoms in total. The van der Waals surface area contributed by atoms with Crippen molar-refractivity contribution in [2.75, 3.05) is 49.4 Å². The van der Waals surface area contributed by atoms with E-state index < -0.39 is 44.1 Å². The van der Waals surface area contributed by atoms with Crippen LogP contribution in [0.2, 0.25) is 74.5 Å². The predicted molar refractivity (Wildman–Crippen MR) is 407 cm³/mol. The molecular weight excluding hydrogens is 1380 g/mol. The van der Waals surface area contributed by atoms with Gasteiger partial charge in [0.05, 0.1) is 70.8 Å². The Labute approximate surface area is 596 Å². The molecule has 0 amide bonds. The molecule has 34 heteroatoms. The molecular formula is C69H92N20O10Si4. The molecule has 4 aliphatic carbocycles. The third-order valence-electron chi connectivity index (χ3n) is 22.3. The van der Waals surface area contributed by atoms with Crippen LogP contribution in [0.1, 0.15) is 55.4 Å². The van der Waals surface area contributed by atoms with Crippen LogP contribution in [-0.2, 0) is 15.5 Å². The van der Waals surface area contributed by atoms with Crippen LogP contribution in [0.5, 0.6) is 0 Å². The largest absolute Gasteiger partial charge is 0.455 e. The number of hydrogen-bond acceptors (Lipinski definition) is 22. The summed E-state index contributed by atoms with van der Waals surface area (Å²) < 4.78 is 21.0. The van der Waals surface area contributed by atoms with Gasteiger partial charge in [-0.3, -0.25) is 39.1 Å². The first-order valence-corrected chi connectivity index (χ1v) is 46.4. The fraction of sp³-hybridized carbons (Fsp3) is 0.420. The van der Waals surface area contributed by atoms with Gasteiger partial charge in [0.25, 0.3) is 22.2 Å². The molecule has 4 aliphatic rings. The van der Waals surface area contributed by atoms with Crippen molar-refractivity contribution in [2.24, 2.45) is 23.7 Å². The van der Waals surface area contributed by atoms with Crippen molar-refractivity contribution in [2.45, 2.75) is 131 Å². The van der Waals surface area contributed by atoms with Crippen LogP contribution >= 0.6 is 0 Å². The summed E-state index contributed by atoms with van der Waals surface area (Å²) in [6, 6.07) is 20.3. The fourth-order valence-electron chi connectivity index (χ4n) is 17.0. The van der Waals surface area contributed by atoms with E-state index in [9.17, 15) is 39.3 Å². The van der Waals surface area contributed by atoms with Gasteiger partial charge in [0.1, 0.15) is 0 Å². The number of nitrogen functional groups attached to an aromatic ring is 4. The summed E-state index contributed by atoms with van der Waals surface area (Å²) in [5.41, 5.74) is 29.4. The number of benzene rings is 2. The van der Waals surface area contributed by atoms with E-state index in [4.69, 9.17) is 31.8 Å².